The molecule has 18 heavy (non-hydrogen) atoms. The molecule has 0 radical (unpaired) electrons. The normalized spacial score (nSPS) is 12.0. The van der Waals surface area contributed by atoms with Crippen molar-refractivity contribution in [1.82, 2.24) is 8.75 Å². The number of nitrogens with zero attached hydrogens (tertiary/aromatic N) is 2. The van der Waals surface area contributed by atoms with Crippen LogP contribution in [0.3, 0.4) is 0 Å². The van der Waals surface area contributed by atoms with Crippen molar-refractivity contribution in [3.8, 4) is 0 Å². The SMILES string of the molecule is CC(C)(C)OCCNc1c(Cl)ccc2nsnc12. The van der Waals surface area contributed by atoms with Gasteiger partial charge in [0.1, 0.15) is 11.0 Å². The zero-order chi connectivity index (χ0) is 13.2. The maximum Gasteiger partial charge on any atom is 0.129 e. The van der Waals surface area contributed by atoms with Crippen LogP contribution in [-0.2, 0) is 4.74 Å². The molecule has 0 bridgehead atoms. The zero-order valence-corrected chi connectivity index (χ0v) is 12.2. The van der Waals surface area contributed by atoms with E-state index in [-0.39, 0.29) is 5.60 Å². The van der Waals surface area contributed by atoms with Gasteiger partial charge in [0, 0.05) is 6.54 Å². The van der Waals surface area contributed by atoms with Gasteiger partial charge in [0.2, 0.25) is 0 Å². The molecule has 6 heteroatoms. The summed E-state index contributed by atoms with van der Waals surface area (Å²) in [5.41, 5.74) is 2.40. The molecule has 0 saturated carbocycles. The molecule has 0 atom stereocenters. The van der Waals surface area contributed by atoms with E-state index in [1.807, 2.05) is 32.9 Å². The highest BCUT2D eigenvalue weighted by atomic mass is 35.5. The third-order valence-corrected chi connectivity index (χ3v) is 3.17. The van der Waals surface area contributed by atoms with Crippen molar-refractivity contribution in [2.24, 2.45) is 0 Å². The Hall–Kier alpha value is -0.910. The molecule has 0 unspecified atom stereocenters. The summed E-state index contributed by atoms with van der Waals surface area (Å²) in [6, 6.07) is 3.70. The summed E-state index contributed by atoms with van der Waals surface area (Å²) in [6.45, 7) is 7.41. The van der Waals surface area contributed by atoms with Crippen molar-refractivity contribution >= 4 is 40.0 Å². The average Bonchev–Trinajstić information content (AvgIpc) is 2.73. The summed E-state index contributed by atoms with van der Waals surface area (Å²) in [7, 11) is 0. The van der Waals surface area contributed by atoms with Gasteiger partial charge in [-0.25, -0.2) is 0 Å². The largest absolute Gasteiger partial charge is 0.380 e. The number of ether oxygens (including phenoxy) is 1. The third kappa shape index (κ3) is 3.31. The minimum Gasteiger partial charge on any atom is -0.380 e. The summed E-state index contributed by atoms with van der Waals surface area (Å²) in [6.07, 6.45) is 0. The predicted octanol–water partition coefficient (Wildman–Crippen LogP) is 3.57. The van der Waals surface area contributed by atoms with Crippen LogP contribution in [0, 0.1) is 0 Å². The van der Waals surface area contributed by atoms with E-state index < -0.39 is 0 Å². The Bertz CT molecular complexity index is 536. The molecule has 4 nitrogen and oxygen atoms in total. The van der Waals surface area contributed by atoms with Crippen molar-refractivity contribution in [1.29, 1.82) is 0 Å². The molecule has 0 aliphatic carbocycles. The van der Waals surface area contributed by atoms with Gasteiger partial charge in [0.25, 0.3) is 0 Å². The quantitative estimate of drug-likeness (QED) is 0.873. The number of hydrogen-bond acceptors (Lipinski definition) is 5. The first-order valence-electron chi connectivity index (χ1n) is 5.76. The fraction of sp³-hybridized carbons (Fsp3) is 0.500. The minimum atomic E-state index is -0.125. The maximum absolute atomic E-state index is 6.16. The van der Waals surface area contributed by atoms with Gasteiger partial charge in [-0.1, -0.05) is 11.6 Å². The van der Waals surface area contributed by atoms with Gasteiger partial charge in [-0.15, -0.1) is 0 Å². The average molecular weight is 286 g/mol. The first kappa shape index (κ1) is 13.5. The van der Waals surface area contributed by atoms with Crippen molar-refractivity contribution in [2.45, 2.75) is 26.4 Å². The number of rotatable bonds is 4. The van der Waals surface area contributed by atoms with E-state index in [0.717, 1.165) is 16.7 Å². The Morgan fingerprint density at radius 3 is 2.83 bits per heavy atom. The third-order valence-electron chi connectivity index (χ3n) is 2.32. The molecule has 0 aliphatic heterocycles. The highest BCUT2D eigenvalue weighted by Crippen LogP contribution is 2.29. The van der Waals surface area contributed by atoms with Crippen LogP contribution in [0.5, 0.6) is 0 Å². The molecular weight excluding hydrogens is 270 g/mol. The molecule has 0 amide bonds. The van der Waals surface area contributed by atoms with Crippen LogP contribution in [0.4, 0.5) is 5.69 Å². The zero-order valence-electron chi connectivity index (χ0n) is 10.7. The summed E-state index contributed by atoms with van der Waals surface area (Å²) < 4.78 is 14.1. The number of benzene rings is 1. The fourth-order valence-electron chi connectivity index (χ4n) is 1.53. The van der Waals surface area contributed by atoms with Crippen LogP contribution in [0.1, 0.15) is 20.8 Å². The maximum atomic E-state index is 6.16. The van der Waals surface area contributed by atoms with E-state index in [9.17, 15) is 0 Å². The van der Waals surface area contributed by atoms with Gasteiger partial charge in [0.15, 0.2) is 0 Å². The molecule has 2 aromatic rings. The van der Waals surface area contributed by atoms with Crippen LogP contribution < -0.4 is 5.32 Å². The van der Waals surface area contributed by atoms with Crippen LogP contribution in [0.15, 0.2) is 12.1 Å². The summed E-state index contributed by atoms with van der Waals surface area (Å²) in [5.74, 6) is 0. The van der Waals surface area contributed by atoms with Crippen molar-refractivity contribution in [2.75, 3.05) is 18.5 Å². The lowest BCUT2D eigenvalue weighted by Gasteiger charge is -2.20. The van der Waals surface area contributed by atoms with Crippen LogP contribution in [0.2, 0.25) is 5.02 Å². The van der Waals surface area contributed by atoms with E-state index in [4.69, 9.17) is 16.3 Å². The molecule has 2 rings (SSSR count). The van der Waals surface area contributed by atoms with Crippen molar-refractivity contribution < 1.29 is 4.74 Å². The minimum absolute atomic E-state index is 0.125. The number of aromatic nitrogens is 2. The highest BCUT2D eigenvalue weighted by Gasteiger charge is 2.11. The monoisotopic (exact) mass is 285 g/mol. The number of anilines is 1. The van der Waals surface area contributed by atoms with Gasteiger partial charge in [-0.3, -0.25) is 0 Å². The van der Waals surface area contributed by atoms with Gasteiger partial charge in [0.05, 0.1) is 34.6 Å². The summed E-state index contributed by atoms with van der Waals surface area (Å²) >= 11 is 7.35. The lowest BCUT2D eigenvalue weighted by atomic mass is 10.2. The van der Waals surface area contributed by atoms with E-state index >= 15 is 0 Å². The van der Waals surface area contributed by atoms with Crippen molar-refractivity contribution in [3.05, 3.63) is 17.2 Å². The van der Waals surface area contributed by atoms with Gasteiger partial charge in [-0.05, 0) is 32.9 Å². The van der Waals surface area contributed by atoms with Gasteiger partial charge in [-0.2, -0.15) is 8.75 Å². The molecule has 0 saturated heterocycles. The summed E-state index contributed by atoms with van der Waals surface area (Å²) in [4.78, 5) is 0. The second kappa shape index (κ2) is 5.38. The first-order chi connectivity index (χ1) is 8.47. The number of halogens is 1. The Kier molecular flexibility index (Phi) is 4.04. The predicted molar refractivity (Wildman–Crippen MR) is 76.6 cm³/mol. The fourth-order valence-corrected chi connectivity index (χ4v) is 2.29. The van der Waals surface area contributed by atoms with E-state index in [2.05, 4.69) is 14.1 Å². The second-order valence-electron chi connectivity index (χ2n) is 4.94. The smallest absolute Gasteiger partial charge is 0.129 e. The molecule has 1 heterocycles. The molecule has 0 aliphatic rings. The summed E-state index contributed by atoms with van der Waals surface area (Å²) in [5, 5.41) is 3.92. The van der Waals surface area contributed by atoms with Crippen molar-refractivity contribution in [3.63, 3.8) is 0 Å². The van der Waals surface area contributed by atoms with Gasteiger partial charge < -0.3 is 10.1 Å². The molecule has 0 spiro atoms. The standard InChI is InChI=1S/C12H16ClN3OS/c1-12(2,3)17-7-6-14-10-8(13)4-5-9-11(10)16-18-15-9/h4-5,14H,6-7H2,1-3H3. The molecule has 1 aromatic carbocycles. The van der Waals surface area contributed by atoms with Crippen LogP contribution >= 0.6 is 23.3 Å². The van der Waals surface area contributed by atoms with E-state index in [0.29, 0.717) is 18.2 Å². The van der Waals surface area contributed by atoms with Gasteiger partial charge >= 0.3 is 0 Å². The topological polar surface area (TPSA) is 47.0 Å². The van der Waals surface area contributed by atoms with E-state index in [1.54, 1.807) is 0 Å². The lowest BCUT2D eigenvalue weighted by Crippen LogP contribution is -2.23. The second-order valence-corrected chi connectivity index (χ2v) is 5.88. The van der Waals surface area contributed by atoms with Crippen LogP contribution in [0.25, 0.3) is 11.0 Å². The Morgan fingerprint density at radius 1 is 1.33 bits per heavy atom. The number of fused-ring (bicyclic) bond motifs is 1. The molecule has 0 fully saturated rings. The Labute approximate surface area is 116 Å². The Morgan fingerprint density at radius 2 is 2.11 bits per heavy atom. The molecule has 1 N–H and O–H groups in total. The van der Waals surface area contributed by atoms with E-state index in [1.165, 1.54) is 11.7 Å². The number of nitrogens with one attached hydrogen (secondary N) is 1. The number of hydrogen-bond donors (Lipinski definition) is 1. The first-order valence-corrected chi connectivity index (χ1v) is 6.87. The molecule has 1 aromatic heterocycles. The molecular formula is C12H16ClN3OS. The molecule has 98 valence electrons. The highest BCUT2D eigenvalue weighted by molar-refractivity contribution is 7.00. The Balaban J connectivity index is 2.03. The van der Waals surface area contributed by atoms with Crippen LogP contribution in [-0.4, -0.2) is 27.5 Å². The lowest BCUT2D eigenvalue weighted by molar-refractivity contribution is 0.00334.